The third-order valence-electron chi connectivity index (χ3n) is 3.79. The monoisotopic (exact) mass is 265 g/mol. The molecule has 0 aliphatic carbocycles. The molecule has 0 saturated carbocycles. The summed E-state index contributed by atoms with van der Waals surface area (Å²) in [5.74, 6) is 1.09. The predicted octanol–water partition coefficient (Wildman–Crippen LogP) is 1.82. The summed E-state index contributed by atoms with van der Waals surface area (Å²) in [6, 6.07) is 1.04. The molecule has 1 atom stereocenters. The molecule has 5 nitrogen and oxygen atoms in total. The van der Waals surface area contributed by atoms with Crippen LogP contribution in [0.5, 0.6) is 0 Å². The Bertz CT molecular complexity index is 374. The highest BCUT2D eigenvalue weighted by Gasteiger charge is 2.25. The average molecular weight is 265 g/mol. The normalized spacial score (nSPS) is 20.5. The van der Waals surface area contributed by atoms with E-state index in [-0.39, 0.29) is 0 Å². The first kappa shape index (κ1) is 14.5. The van der Waals surface area contributed by atoms with E-state index in [2.05, 4.69) is 41.1 Å². The molecule has 5 heteroatoms. The lowest BCUT2D eigenvalue weighted by molar-refractivity contribution is 0.227. The van der Waals surface area contributed by atoms with Crippen molar-refractivity contribution in [1.29, 1.82) is 0 Å². The largest absolute Gasteiger partial charge is 0.315 e. The molecule has 1 fully saturated rings. The van der Waals surface area contributed by atoms with Crippen molar-refractivity contribution < 1.29 is 0 Å². The Labute approximate surface area is 116 Å². The lowest BCUT2D eigenvalue weighted by atomic mass is 10.2. The maximum Gasteiger partial charge on any atom is 0.141 e. The van der Waals surface area contributed by atoms with Gasteiger partial charge in [0, 0.05) is 18.6 Å². The van der Waals surface area contributed by atoms with Crippen molar-refractivity contribution in [3.63, 3.8) is 0 Å². The smallest absolute Gasteiger partial charge is 0.141 e. The molecule has 2 heterocycles. The van der Waals surface area contributed by atoms with Crippen molar-refractivity contribution in [3.05, 3.63) is 12.2 Å². The number of nitrogens with one attached hydrogen (secondary N) is 1. The van der Waals surface area contributed by atoms with Gasteiger partial charge in [0.1, 0.15) is 12.2 Å². The molecule has 2 rings (SSSR count). The van der Waals surface area contributed by atoms with E-state index in [1.165, 1.54) is 25.8 Å². The van der Waals surface area contributed by atoms with Gasteiger partial charge in [-0.15, -0.1) is 0 Å². The summed E-state index contributed by atoms with van der Waals surface area (Å²) in [7, 11) is 0. The van der Waals surface area contributed by atoms with Crippen molar-refractivity contribution in [3.8, 4) is 0 Å². The van der Waals surface area contributed by atoms with Crippen molar-refractivity contribution in [1.82, 2.24) is 25.0 Å². The minimum absolute atomic E-state index is 0.386. The van der Waals surface area contributed by atoms with Crippen LogP contribution in [0, 0.1) is 0 Å². The molecule has 1 aromatic heterocycles. The van der Waals surface area contributed by atoms with E-state index >= 15 is 0 Å². The molecule has 0 spiro atoms. The van der Waals surface area contributed by atoms with E-state index < -0.39 is 0 Å². The van der Waals surface area contributed by atoms with Gasteiger partial charge in [0.25, 0.3) is 0 Å². The highest BCUT2D eigenvalue weighted by molar-refractivity contribution is 4.91. The number of nitrogens with zero attached hydrogens (tertiary/aromatic N) is 4. The molecule has 1 saturated heterocycles. The fourth-order valence-electron chi connectivity index (χ4n) is 2.78. The highest BCUT2D eigenvalue weighted by atomic mass is 15.4. The topological polar surface area (TPSA) is 46.0 Å². The van der Waals surface area contributed by atoms with Crippen LogP contribution in [-0.2, 0) is 6.54 Å². The van der Waals surface area contributed by atoms with Crippen LogP contribution in [-0.4, -0.2) is 45.3 Å². The van der Waals surface area contributed by atoms with Gasteiger partial charge in [0.2, 0.25) is 0 Å². The van der Waals surface area contributed by atoms with Gasteiger partial charge in [-0.1, -0.05) is 6.92 Å². The van der Waals surface area contributed by atoms with Gasteiger partial charge in [-0.3, -0.25) is 4.90 Å². The zero-order chi connectivity index (χ0) is 13.7. The Kier molecular flexibility index (Phi) is 5.34. The first-order chi connectivity index (χ1) is 9.22. The van der Waals surface area contributed by atoms with Crippen molar-refractivity contribution in [2.24, 2.45) is 0 Å². The van der Waals surface area contributed by atoms with Gasteiger partial charge < -0.3 is 5.32 Å². The predicted molar refractivity (Wildman–Crippen MR) is 77.0 cm³/mol. The summed E-state index contributed by atoms with van der Waals surface area (Å²) in [6.07, 6.45) is 5.48. The van der Waals surface area contributed by atoms with Gasteiger partial charge >= 0.3 is 0 Å². The van der Waals surface area contributed by atoms with Crippen LogP contribution in [0.3, 0.4) is 0 Å². The molecule has 0 amide bonds. The van der Waals surface area contributed by atoms with Crippen molar-refractivity contribution >= 4 is 0 Å². The second-order valence-corrected chi connectivity index (χ2v) is 5.69. The maximum absolute atomic E-state index is 4.42. The highest BCUT2D eigenvalue weighted by Crippen LogP contribution is 2.19. The van der Waals surface area contributed by atoms with Crippen LogP contribution >= 0.6 is 0 Å². The molecular formula is C14H27N5. The molecule has 0 bridgehead atoms. The third kappa shape index (κ3) is 3.76. The van der Waals surface area contributed by atoms with Crippen LogP contribution in [0.2, 0.25) is 0 Å². The average Bonchev–Trinajstić information content (AvgIpc) is 3.00. The lowest BCUT2D eigenvalue weighted by Gasteiger charge is -2.24. The minimum atomic E-state index is 0.386. The number of likely N-dealkylation sites (tertiary alicyclic amines) is 1. The second-order valence-electron chi connectivity index (χ2n) is 5.69. The molecule has 1 aliphatic rings. The first-order valence-corrected chi connectivity index (χ1v) is 7.55. The quantitative estimate of drug-likeness (QED) is 0.764. The fraction of sp³-hybridized carbons (Fsp3) is 0.857. The van der Waals surface area contributed by atoms with Crippen LogP contribution < -0.4 is 5.32 Å². The molecule has 19 heavy (non-hydrogen) atoms. The Hall–Kier alpha value is -0.940. The zero-order valence-corrected chi connectivity index (χ0v) is 12.5. The zero-order valence-electron chi connectivity index (χ0n) is 12.5. The summed E-state index contributed by atoms with van der Waals surface area (Å²) in [5.41, 5.74) is 0. The standard InChI is InChI=1S/C14H27N5/c1-4-7-15-9-13-6-5-8-18(13)10-14-16-11-17-19(14)12(2)3/h11-13,15H,4-10H2,1-3H3. The molecule has 1 N–H and O–H groups in total. The van der Waals surface area contributed by atoms with E-state index in [0.29, 0.717) is 12.1 Å². The summed E-state index contributed by atoms with van der Waals surface area (Å²) >= 11 is 0. The van der Waals surface area contributed by atoms with E-state index in [0.717, 1.165) is 25.5 Å². The molecule has 0 aromatic carbocycles. The van der Waals surface area contributed by atoms with E-state index in [9.17, 15) is 0 Å². The van der Waals surface area contributed by atoms with Crippen LogP contribution in [0.25, 0.3) is 0 Å². The Morgan fingerprint density at radius 3 is 3.05 bits per heavy atom. The Balaban J connectivity index is 1.91. The summed E-state index contributed by atoms with van der Waals surface area (Å²) in [6.45, 7) is 10.9. The third-order valence-corrected chi connectivity index (χ3v) is 3.79. The fourth-order valence-corrected chi connectivity index (χ4v) is 2.78. The molecule has 108 valence electrons. The number of hydrogen-bond donors (Lipinski definition) is 1. The van der Waals surface area contributed by atoms with Crippen molar-refractivity contribution in [2.75, 3.05) is 19.6 Å². The van der Waals surface area contributed by atoms with Crippen molar-refractivity contribution in [2.45, 2.75) is 58.7 Å². The van der Waals surface area contributed by atoms with E-state index in [1.807, 2.05) is 4.68 Å². The van der Waals surface area contributed by atoms with Crippen LogP contribution in [0.15, 0.2) is 6.33 Å². The summed E-state index contributed by atoms with van der Waals surface area (Å²) in [5, 5.41) is 7.86. The van der Waals surface area contributed by atoms with E-state index in [1.54, 1.807) is 6.33 Å². The Morgan fingerprint density at radius 1 is 1.47 bits per heavy atom. The van der Waals surface area contributed by atoms with Crippen LogP contribution in [0.1, 0.15) is 51.9 Å². The van der Waals surface area contributed by atoms with Gasteiger partial charge in [0.05, 0.1) is 6.54 Å². The molecular weight excluding hydrogens is 238 g/mol. The molecule has 1 aliphatic heterocycles. The van der Waals surface area contributed by atoms with Gasteiger partial charge in [-0.2, -0.15) is 5.10 Å². The Morgan fingerprint density at radius 2 is 2.32 bits per heavy atom. The molecule has 1 aromatic rings. The SMILES string of the molecule is CCCNCC1CCCN1Cc1ncnn1C(C)C. The number of aromatic nitrogens is 3. The van der Waals surface area contributed by atoms with Gasteiger partial charge in [0.15, 0.2) is 0 Å². The molecule has 1 unspecified atom stereocenters. The molecule has 0 radical (unpaired) electrons. The van der Waals surface area contributed by atoms with Crippen LogP contribution in [0.4, 0.5) is 0 Å². The first-order valence-electron chi connectivity index (χ1n) is 7.55. The lowest BCUT2D eigenvalue weighted by Crippen LogP contribution is -2.38. The van der Waals surface area contributed by atoms with Gasteiger partial charge in [-0.05, 0) is 46.2 Å². The second kappa shape index (κ2) is 7.01. The number of hydrogen-bond acceptors (Lipinski definition) is 4. The maximum atomic E-state index is 4.42. The van der Waals surface area contributed by atoms with E-state index in [4.69, 9.17) is 0 Å². The summed E-state index contributed by atoms with van der Waals surface area (Å²) in [4.78, 5) is 6.97. The number of rotatable bonds is 7. The minimum Gasteiger partial charge on any atom is -0.315 e. The summed E-state index contributed by atoms with van der Waals surface area (Å²) < 4.78 is 2.04. The van der Waals surface area contributed by atoms with Gasteiger partial charge in [-0.25, -0.2) is 9.67 Å².